The largest absolute Gasteiger partial charge is 0.497 e. The lowest BCUT2D eigenvalue weighted by Gasteiger charge is -2.32. The van der Waals surface area contributed by atoms with Crippen LogP contribution in [0, 0.1) is 13.8 Å². The van der Waals surface area contributed by atoms with Gasteiger partial charge in [-0.2, -0.15) is 5.10 Å². The minimum Gasteiger partial charge on any atom is -0.497 e. The molecule has 8 nitrogen and oxygen atoms in total. The molecule has 1 aliphatic heterocycles. The fraction of sp³-hybridized carbons (Fsp3) is 0.333. The summed E-state index contributed by atoms with van der Waals surface area (Å²) in [5.74, 6) is 0.788. The van der Waals surface area contributed by atoms with Gasteiger partial charge in [0.05, 0.1) is 31.3 Å². The van der Waals surface area contributed by atoms with Gasteiger partial charge in [0.1, 0.15) is 11.9 Å². The smallest absolute Gasteiger partial charge is 0.159 e. The first-order chi connectivity index (χ1) is 15.6. The highest BCUT2D eigenvalue weighted by molar-refractivity contribution is 5.63. The second-order valence-corrected chi connectivity index (χ2v) is 8.06. The van der Waals surface area contributed by atoms with Crippen molar-refractivity contribution in [3.8, 4) is 17.0 Å². The van der Waals surface area contributed by atoms with Gasteiger partial charge < -0.3 is 9.47 Å². The first-order valence-corrected chi connectivity index (χ1v) is 10.7. The highest BCUT2D eigenvalue weighted by Crippen LogP contribution is 2.31. The van der Waals surface area contributed by atoms with Crippen molar-refractivity contribution in [2.45, 2.75) is 26.5 Å². The summed E-state index contributed by atoms with van der Waals surface area (Å²) in [6, 6.07) is 9.92. The monoisotopic (exact) mass is 430 g/mol. The van der Waals surface area contributed by atoms with E-state index in [1.54, 1.807) is 19.5 Å². The van der Waals surface area contributed by atoms with Gasteiger partial charge in [0, 0.05) is 54.5 Å². The second kappa shape index (κ2) is 8.64. The van der Waals surface area contributed by atoms with Crippen LogP contribution in [-0.2, 0) is 11.3 Å². The molecule has 1 atom stereocenters. The Kier molecular flexibility index (Phi) is 5.55. The molecule has 0 aliphatic carbocycles. The van der Waals surface area contributed by atoms with Gasteiger partial charge in [0.2, 0.25) is 0 Å². The van der Waals surface area contributed by atoms with E-state index in [2.05, 4.69) is 26.9 Å². The lowest BCUT2D eigenvalue weighted by Crippen LogP contribution is -2.38. The Morgan fingerprint density at radius 3 is 2.91 bits per heavy atom. The van der Waals surface area contributed by atoms with Crippen LogP contribution in [0.4, 0.5) is 0 Å². The number of hydrogen-bond acceptors (Lipinski definition) is 7. The predicted octanol–water partition coefficient (Wildman–Crippen LogP) is 3.39. The van der Waals surface area contributed by atoms with Crippen molar-refractivity contribution in [1.82, 2.24) is 29.5 Å². The standard InChI is InChI=1S/C24H26N6O2/c1-16-11-17(2)30-24(28-16)19(13-27-30)14-29-9-10-32-21(15-29)23-22(25-7-8-26-23)18-5-4-6-20(12-18)31-3/h4-8,11-13,21H,9-10,14-15H2,1-3H3. The van der Waals surface area contributed by atoms with Crippen molar-refractivity contribution in [2.24, 2.45) is 0 Å². The van der Waals surface area contributed by atoms with Crippen molar-refractivity contribution in [3.05, 3.63) is 71.6 Å². The summed E-state index contributed by atoms with van der Waals surface area (Å²) >= 11 is 0. The van der Waals surface area contributed by atoms with Crippen molar-refractivity contribution in [2.75, 3.05) is 26.8 Å². The highest BCUT2D eigenvalue weighted by atomic mass is 16.5. The molecule has 0 N–H and O–H groups in total. The van der Waals surface area contributed by atoms with Crippen molar-refractivity contribution >= 4 is 5.65 Å². The summed E-state index contributed by atoms with van der Waals surface area (Å²) in [6.45, 7) is 7.02. The summed E-state index contributed by atoms with van der Waals surface area (Å²) < 4.78 is 13.4. The zero-order chi connectivity index (χ0) is 22.1. The zero-order valence-electron chi connectivity index (χ0n) is 18.5. The fourth-order valence-electron chi connectivity index (χ4n) is 4.26. The SMILES string of the molecule is COc1cccc(-c2nccnc2C2CN(Cc3cnn4c(C)cc(C)nc34)CCO2)c1. The van der Waals surface area contributed by atoms with Gasteiger partial charge in [0.25, 0.3) is 0 Å². The highest BCUT2D eigenvalue weighted by Gasteiger charge is 2.27. The van der Waals surface area contributed by atoms with Gasteiger partial charge in [-0.3, -0.25) is 14.9 Å². The number of benzene rings is 1. The number of aromatic nitrogens is 5. The molecule has 1 unspecified atom stereocenters. The summed E-state index contributed by atoms with van der Waals surface area (Å²) in [7, 11) is 1.66. The molecule has 4 aromatic rings. The first-order valence-electron chi connectivity index (χ1n) is 10.7. The average Bonchev–Trinajstić information content (AvgIpc) is 3.22. The quantitative estimate of drug-likeness (QED) is 0.480. The molecule has 1 aliphatic rings. The van der Waals surface area contributed by atoms with Crippen LogP contribution >= 0.6 is 0 Å². The van der Waals surface area contributed by atoms with Gasteiger partial charge in [-0.1, -0.05) is 12.1 Å². The summed E-state index contributed by atoms with van der Waals surface area (Å²) in [4.78, 5) is 16.4. The topological polar surface area (TPSA) is 77.7 Å². The number of aryl methyl sites for hydroxylation is 2. The third kappa shape index (κ3) is 3.94. The Balaban J connectivity index is 1.41. The van der Waals surface area contributed by atoms with Crippen molar-refractivity contribution in [1.29, 1.82) is 0 Å². The van der Waals surface area contributed by atoms with Crippen LogP contribution in [-0.4, -0.2) is 56.3 Å². The van der Waals surface area contributed by atoms with E-state index < -0.39 is 0 Å². The van der Waals surface area contributed by atoms with E-state index in [1.807, 2.05) is 48.0 Å². The summed E-state index contributed by atoms with van der Waals surface area (Å²) in [6.07, 6.45) is 5.19. The molecule has 0 radical (unpaired) electrons. The minimum atomic E-state index is -0.170. The lowest BCUT2D eigenvalue weighted by molar-refractivity contribution is -0.0347. The Labute approximate surface area is 186 Å². The van der Waals surface area contributed by atoms with Crippen molar-refractivity contribution < 1.29 is 9.47 Å². The summed E-state index contributed by atoms with van der Waals surface area (Å²) in [5, 5.41) is 4.53. The van der Waals surface area contributed by atoms with Gasteiger partial charge in [-0.25, -0.2) is 9.50 Å². The normalized spacial score (nSPS) is 17.0. The second-order valence-electron chi connectivity index (χ2n) is 8.06. The van der Waals surface area contributed by atoms with E-state index in [4.69, 9.17) is 14.5 Å². The molecule has 32 heavy (non-hydrogen) atoms. The molecule has 1 fully saturated rings. The van der Waals surface area contributed by atoms with E-state index in [-0.39, 0.29) is 6.10 Å². The van der Waals surface area contributed by atoms with Crippen LogP contribution in [0.15, 0.2) is 48.9 Å². The third-order valence-electron chi connectivity index (χ3n) is 5.77. The molecule has 1 aromatic carbocycles. The average molecular weight is 431 g/mol. The predicted molar refractivity (Wildman–Crippen MR) is 120 cm³/mol. The number of nitrogens with zero attached hydrogens (tertiary/aromatic N) is 6. The van der Waals surface area contributed by atoms with Crippen LogP contribution in [0.2, 0.25) is 0 Å². The van der Waals surface area contributed by atoms with E-state index in [1.165, 1.54) is 0 Å². The fourth-order valence-corrected chi connectivity index (χ4v) is 4.26. The van der Waals surface area contributed by atoms with E-state index in [9.17, 15) is 0 Å². The Morgan fingerprint density at radius 1 is 1.16 bits per heavy atom. The molecular formula is C24H26N6O2. The van der Waals surface area contributed by atoms with Gasteiger partial charge in [-0.05, 0) is 32.0 Å². The van der Waals surface area contributed by atoms with Gasteiger partial charge in [0.15, 0.2) is 5.65 Å². The molecular weight excluding hydrogens is 404 g/mol. The zero-order valence-corrected chi connectivity index (χ0v) is 18.5. The number of morpholine rings is 1. The van der Waals surface area contributed by atoms with Crippen LogP contribution in [0.1, 0.15) is 28.7 Å². The van der Waals surface area contributed by atoms with Gasteiger partial charge >= 0.3 is 0 Å². The number of ether oxygens (including phenoxy) is 2. The maximum atomic E-state index is 6.15. The molecule has 164 valence electrons. The maximum Gasteiger partial charge on any atom is 0.159 e. The lowest BCUT2D eigenvalue weighted by atomic mass is 10.0. The molecule has 0 saturated carbocycles. The van der Waals surface area contributed by atoms with E-state index >= 15 is 0 Å². The van der Waals surface area contributed by atoms with E-state index in [0.29, 0.717) is 6.61 Å². The molecule has 5 rings (SSSR count). The Morgan fingerprint density at radius 2 is 2.03 bits per heavy atom. The summed E-state index contributed by atoms with van der Waals surface area (Å²) in [5.41, 5.74) is 6.75. The van der Waals surface area contributed by atoms with Crippen LogP contribution in [0.25, 0.3) is 16.9 Å². The molecule has 4 heterocycles. The molecule has 0 bridgehead atoms. The molecule has 8 heteroatoms. The molecule has 0 amide bonds. The number of fused-ring (bicyclic) bond motifs is 1. The Hall–Kier alpha value is -3.36. The van der Waals surface area contributed by atoms with Crippen LogP contribution < -0.4 is 4.74 Å². The van der Waals surface area contributed by atoms with Gasteiger partial charge in [-0.15, -0.1) is 0 Å². The number of rotatable bonds is 5. The Bertz CT molecular complexity index is 1250. The number of hydrogen-bond donors (Lipinski definition) is 0. The maximum absolute atomic E-state index is 6.15. The van der Waals surface area contributed by atoms with Crippen LogP contribution in [0.3, 0.4) is 0 Å². The molecule has 3 aromatic heterocycles. The van der Waals surface area contributed by atoms with E-state index in [0.717, 1.165) is 64.9 Å². The minimum absolute atomic E-state index is 0.170. The third-order valence-corrected chi connectivity index (χ3v) is 5.77. The van der Waals surface area contributed by atoms with Crippen LogP contribution in [0.5, 0.6) is 5.75 Å². The number of methoxy groups -OCH3 is 1. The molecule has 1 saturated heterocycles. The van der Waals surface area contributed by atoms with Crippen molar-refractivity contribution in [3.63, 3.8) is 0 Å². The first kappa shape index (κ1) is 20.5. The molecule has 0 spiro atoms.